The fourth-order valence-electron chi connectivity index (χ4n) is 7.22. The first kappa shape index (κ1) is 42.1. The van der Waals surface area contributed by atoms with E-state index in [9.17, 15) is 24.3 Å². The van der Waals surface area contributed by atoms with E-state index in [1.54, 1.807) is 37.3 Å². The van der Waals surface area contributed by atoms with Crippen molar-refractivity contribution in [1.29, 1.82) is 0 Å². The summed E-state index contributed by atoms with van der Waals surface area (Å²) < 4.78 is 47.9. The first-order valence-electron chi connectivity index (χ1n) is 17.6. The molecule has 11 nitrogen and oxygen atoms in total. The maximum absolute atomic E-state index is 16.9. The lowest BCUT2D eigenvalue weighted by Gasteiger charge is -2.48. The quantitative estimate of drug-likeness (QED) is 0.205. The Labute approximate surface area is 301 Å². The van der Waals surface area contributed by atoms with Crippen LogP contribution in [0.5, 0.6) is 0 Å². The van der Waals surface area contributed by atoms with E-state index in [2.05, 4.69) is 6.58 Å². The van der Waals surface area contributed by atoms with Gasteiger partial charge in [-0.05, 0) is 92.3 Å². The molecule has 1 N–H and O–H groups in total. The standard InChI is InChI=1S/C39H56FNO10/c1-12-19-47-39(9)22-37(7,40)32(43)23(3)21-38(8,46)29(13-2)49-34(44)26(6)30(42)25(5)33(39)51-36-31(28(41(10)11)20-24(4)48-36)50-35(45)27-17-15-14-16-18-27/h12,14-18,21,24-26,28-29,31,33,36,46H,1,13,19-20,22H2,2-11H3/t24-,25+,26-,28+,29-,31-,33-,36+,37+,38+,39-/m1/s1. The number of hydrogen-bond acceptors (Lipinski definition) is 11. The number of esters is 2. The van der Waals surface area contributed by atoms with Crippen LogP contribution in [-0.2, 0) is 38.1 Å². The third-order valence-electron chi connectivity index (χ3n) is 9.90. The molecule has 0 radical (unpaired) electrons. The van der Waals surface area contributed by atoms with Crippen molar-refractivity contribution in [3.8, 4) is 0 Å². The average Bonchev–Trinajstić information content (AvgIpc) is 3.07. The lowest BCUT2D eigenvalue weighted by Crippen LogP contribution is -2.61. The fraction of sp³-hybridized carbons (Fsp3) is 0.641. The molecule has 1 aromatic rings. The minimum absolute atomic E-state index is 0.0941. The lowest BCUT2D eigenvalue weighted by molar-refractivity contribution is -0.297. The normalized spacial score (nSPS) is 37.3. The predicted molar refractivity (Wildman–Crippen MR) is 189 cm³/mol. The van der Waals surface area contributed by atoms with Crippen molar-refractivity contribution in [2.45, 2.75) is 128 Å². The summed E-state index contributed by atoms with van der Waals surface area (Å²) in [6.45, 7) is 15.4. The van der Waals surface area contributed by atoms with Crippen LogP contribution in [0.25, 0.3) is 0 Å². The fourth-order valence-corrected chi connectivity index (χ4v) is 7.22. The molecule has 2 heterocycles. The molecule has 0 amide bonds. The summed E-state index contributed by atoms with van der Waals surface area (Å²) in [6.07, 6.45) is -2.59. The highest BCUT2D eigenvalue weighted by Gasteiger charge is 2.54. The van der Waals surface area contributed by atoms with Crippen LogP contribution >= 0.6 is 0 Å². The molecule has 51 heavy (non-hydrogen) atoms. The molecule has 0 aliphatic carbocycles. The number of carbonyl (C=O) groups excluding carboxylic acids is 4. The molecule has 12 heteroatoms. The number of rotatable bonds is 9. The van der Waals surface area contributed by atoms with Gasteiger partial charge in [0.1, 0.15) is 17.6 Å². The molecular formula is C39H56FNO10. The molecule has 0 bridgehead atoms. The number of benzene rings is 1. The van der Waals surface area contributed by atoms with Crippen molar-refractivity contribution in [1.82, 2.24) is 4.90 Å². The zero-order valence-corrected chi connectivity index (χ0v) is 31.6. The molecule has 11 atom stereocenters. The van der Waals surface area contributed by atoms with E-state index in [4.69, 9.17) is 23.7 Å². The average molecular weight is 718 g/mol. The van der Waals surface area contributed by atoms with Gasteiger partial charge in [-0.1, -0.05) is 38.1 Å². The number of ketones is 2. The van der Waals surface area contributed by atoms with Gasteiger partial charge >= 0.3 is 11.9 Å². The Kier molecular flexibility index (Phi) is 14.1. The third-order valence-corrected chi connectivity index (χ3v) is 9.90. The maximum Gasteiger partial charge on any atom is 0.338 e. The number of Topliss-reactive ketones (excluding diaryl/α,β-unsaturated/α-hetero) is 2. The number of halogens is 1. The highest BCUT2D eigenvalue weighted by Crippen LogP contribution is 2.40. The summed E-state index contributed by atoms with van der Waals surface area (Å²) in [6, 6.07) is 8.03. The van der Waals surface area contributed by atoms with Crippen LogP contribution in [0.3, 0.4) is 0 Å². The topological polar surface area (TPSA) is 138 Å². The van der Waals surface area contributed by atoms with Gasteiger partial charge in [-0.2, -0.15) is 0 Å². The molecule has 3 rings (SSSR count). The van der Waals surface area contributed by atoms with Crippen LogP contribution in [0.1, 0.15) is 85.0 Å². The molecule has 2 aliphatic rings. The van der Waals surface area contributed by atoms with Gasteiger partial charge in [0.25, 0.3) is 0 Å². The van der Waals surface area contributed by atoms with Crippen LogP contribution in [0, 0.1) is 11.8 Å². The summed E-state index contributed by atoms with van der Waals surface area (Å²) in [5.74, 6) is -5.58. The Hall–Kier alpha value is -3.29. The van der Waals surface area contributed by atoms with Crippen LogP contribution in [0.2, 0.25) is 0 Å². The number of allylic oxidation sites excluding steroid dienone is 1. The molecule has 284 valence electrons. The molecule has 1 saturated heterocycles. The summed E-state index contributed by atoms with van der Waals surface area (Å²) in [5, 5.41) is 11.3. The SMILES string of the molecule is C=CCO[C@]1(C)C[C@](C)(F)C(=O)C(C)=C[C@](C)(O)[C@@H](CC)OC(=O)[C@H](C)C(=O)[C@H](C)[C@H]1O[C@@H]1O[C@H](C)C[C@H](N(C)C)[C@H]1OC(=O)c1ccccc1. The first-order valence-corrected chi connectivity index (χ1v) is 17.6. The van der Waals surface area contributed by atoms with Gasteiger partial charge in [0.15, 0.2) is 29.6 Å². The van der Waals surface area contributed by atoms with Crippen molar-refractivity contribution >= 4 is 23.5 Å². The van der Waals surface area contributed by atoms with Gasteiger partial charge in [-0.25, -0.2) is 9.18 Å². The van der Waals surface area contributed by atoms with Crippen LogP contribution in [0.15, 0.2) is 54.6 Å². The minimum atomic E-state index is -2.60. The Morgan fingerprint density at radius 3 is 2.31 bits per heavy atom. The molecule has 1 aromatic carbocycles. The molecule has 0 saturated carbocycles. The number of nitrogens with zero attached hydrogens (tertiary/aromatic N) is 1. The van der Waals surface area contributed by atoms with Crippen molar-refractivity contribution < 1.29 is 52.4 Å². The molecule has 0 spiro atoms. The van der Waals surface area contributed by atoms with E-state index in [1.165, 1.54) is 46.8 Å². The highest BCUT2D eigenvalue weighted by molar-refractivity contribution is 6.02. The zero-order chi connectivity index (χ0) is 38.5. The largest absolute Gasteiger partial charge is 0.458 e. The van der Waals surface area contributed by atoms with Gasteiger partial charge in [-0.3, -0.25) is 14.4 Å². The van der Waals surface area contributed by atoms with Crippen LogP contribution in [-0.4, -0.2) is 108 Å². The lowest BCUT2D eigenvalue weighted by atomic mass is 9.75. The summed E-state index contributed by atoms with van der Waals surface area (Å²) in [7, 11) is 3.66. The number of likely N-dealkylation sites (N-methyl/N-ethyl adjacent to an activating group) is 1. The number of cyclic esters (lactones) is 1. The molecule has 2 aliphatic heterocycles. The van der Waals surface area contributed by atoms with Crippen molar-refractivity contribution in [3.05, 3.63) is 60.2 Å². The van der Waals surface area contributed by atoms with Crippen molar-refractivity contribution in [3.63, 3.8) is 0 Å². The van der Waals surface area contributed by atoms with E-state index in [-0.39, 0.29) is 18.6 Å². The second-order valence-electron chi connectivity index (χ2n) is 14.8. The smallest absolute Gasteiger partial charge is 0.338 e. The Morgan fingerprint density at radius 1 is 1.12 bits per heavy atom. The van der Waals surface area contributed by atoms with Gasteiger partial charge in [-0.15, -0.1) is 6.58 Å². The van der Waals surface area contributed by atoms with Gasteiger partial charge < -0.3 is 33.7 Å². The molecule has 0 unspecified atom stereocenters. The molecular weight excluding hydrogens is 661 g/mol. The molecule has 1 fully saturated rings. The Morgan fingerprint density at radius 2 is 1.75 bits per heavy atom. The second kappa shape index (κ2) is 17.0. The highest BCUT2D eigenvalue weighted by atomic mass is 19.1. The first-order chi connectivity index (χ1) is 23.7. The molecule has 0 aromatic heterocycles. The number of carbonyl (C=O) groups is 4. The monoisotopic (exact) mass is 717 g/mol. The van der Waals surface area contributed by atoms with Crippen LogP contribution in [0.4, 0.5) is 4.39 Å². The number of aliphatic hydroxyl groups is 1. The maximum atomic E-state index is 16.9. The number of alkyl halides is 1. The Balaban J connectivity index is 2.22. The third kappa shape index (κ3) is 9.98. The van der Waals surface area contributed by atoms with Crippen molar-refractivity contribution in [2.75, 3.05) is 20.7 Å². The van der Waals surface area contributed by atoms with E-state index >= 15 is 4.39 Å². The van der Waals surface area contributed by atoms with E-state index < -0.39 is 95.4 Å². The summed E-state index contributed by atoms with van der Waals surface area (Å²) in [4.78, 5) is 56.8. The number of hydrogen-bond donors (Lipinski definition) is 1. The predicted octanol–water partition coefficient (Wildman–Crippen LogP) is 5.19. The van der Waals surface area contributed by atoms with Crippen molar-refractivity contribution in [2.24, 2.45) is 11.8 Å². The zero-order valence-electron chi connectivity index (χ0n) is 31.6. The van der Waals surface area contributed by atoms with Crippen LogP contribution < -0.4 is 0 Å². The Bertz CT molecular complexity index is 1440. The summed E-state index contributed by atoms with van der Waals surface area (Å²) >= 11 is 0. The van der Waals surface area contributed by atoms with Gasteiger partial charge in [0.05, 0.1) is 36.0 Å². The summed E-state index contributed by atoms with van der Waals surface area (Å²) in [5.41, 5.74) is -5.98. The van der Waals surface area contributed by atoms with Gasteiger partial charge in [0.2, 0.25) is 0 Å². The second-order valence-corrected chi connectivity index (χ2v) is 14.8. The van der Waals surface area contributed by atoms with E-state index in [1.807, 2.05) is 25.9 Å². The van der Waals surface area contributed by atoms with Gasteiger partial charge in [0, 0.05) is 12.3 Å². The minimum Gasteiger partial charge on any atom is -0.458 e. The van der Waals surface area contributed by atoms with E-state index in [0.29, 0.717) is 12.0 Å². The number of ether oxygens (including phenoxy) is 5. The van der Waals surface area contributed by atoms with E-state index in [0.717, 1.165) is 6.92 Å².